The van der Waals surface area contributed by atoms with Gasteiger partial charge in [0.1, 0.15) is 0 Å². The summed E-state index contributed by atoms with van der Waals surface area (Å²) in [4.78, 5) is 14.5. The summed E-state index contributed by atoms with van der Waals surface area (Å²) in [6.07, 6.45) is 1.18. The first-order valence-corrected chi connectivity index (χ1v) is 8.18. The van der Waals surface area contributed by atoms with Crippen LogP contribution in [0.5, 0.6) is 0 Å². The average molecular weight is 293 g/mol. The van der Waals surface area contributed by atoms with Crippen LogP contribution in [0.2, 0.25) is 0 Å². The number of thioether (sulfide) groups is 1. The highest BCUT2D eigenvalue weighted by atomic mass is 32.2. The number of hydrogen-bond acceptors (Lipinski definition) is 4. The lowest BCUT2D eigenvalue weighted by Gasteiger charge is -2.34. The lowest BCUT2D eigenvalue weighted by atomic mass is 9.97. The zero-order valence-electron chi connectivity index (χ0n) is 11.9. The Morgan fingerprint density at radius 1 is 1.50 bits per heavy atom. The Hall–Kier alpha value is -1.04. The minimum absolute atomic E-state index is 0.109. The minimum Gasteiger partial charge on any atom is -0.300 e. The van der Waals surface area contributed by atoms with Crippen LogP contribution in [0.1, 0.15) is 24.8 Å². The molecule has 0 bridgehead atoms. The van der Waals surface area contributed by atoms with E-state index in [0.29, 0.717) is 5.25 Å². The van der Waals surface area contributed by atoms with Crippen molar-refractivity contribution in [2.75, 3.05) is 25.4 Å². The lowest BCUT2D eigenvalue weighted by molar-refractivity contribution is -0.123. The molecule has 0 spiro atoms. The van der Waals surface area contributed by atoms with Gasteiger partial charge < -0.3 is 4.90 Å². The highest BCUT2D eigenvalue weighted by Gasteiger charge is 2.26. The Labute approximate surface area is 125 Å². The second kappa shape index (κ2) is 7.67. The summed E-state index contributed by atoms with van der Waals surface area (Å²) in [7, 11) is 0. The fraction of sp³-hybridized carbons (Fsp3) is 0.533. The number of carbonyl (C=O) groups is 1. The molecular formula is C15H23N3OS. The van der Waals surface area contributed by atoms with Crippen LogP contribution in [0.3, 0.4) is 0 Å². The van der Waals surface area contributed by atoms with E-state index in [9.17, 15) is 4.79 Å². The number of rotatable bonds is 5. The van der Waals surface area contributed by atoms with Gasteiger partial charge in [-0.2, -0.15) is 11.8 Å². The lowest BCUT2D eigenvalue weighted by Crippen LogP contribution is -2.44. The van der Waals surface area contributed by atoms with Crippen molar-refractivity contribution in [1.82, 2.24) is 10.3 Å². The molecule has 110 valence electrons. The standard InChI is InChI=1S/C15H23N3OS/c1-2-13-10-18(8-9-20-13)11-14(15(19)17-16)12-6-4-3-5-7-12/h3-7,13-14H,2,8-11,16H2,1H3,(H,17,19). The Bertz CT molecular complexity index is 426. The second-order valence-corrected chi connectivity index (χ2v) is 6.54. The maximum atomic E-state index is 12.1. The molecule has 2 rings (SSSR count). The third kappa shape index (κ3) is 3.98. The molecule has 2 unspecified atom stereocenters. The van der Waals surface area contributed by atoms with Crippen LogP contribution in [0.15, 0.2) is 30.3 Å². The molecule has 1 aromatic carbocycles. The van der Waals surface area contributed by atoms with E-state index in [0.717, 1.165) is 31.0 Å². The molecule has 0 aliphatic carbocycles. The van der Waals surface area contributed by atoms with Crippen molar-refractivity contribution in [1.29, 1.82) is 0 Å². The molecule has 0 radical (unpaired) electrons. The van der Waals surface area contributed by atoms with Gasteiger partial charge in [-0.25, -0.2) is 5.84 Å². The predicted molar refractivity (Wildman–Crippen MR) is 84.5 cm³/mol. The fourth-order valence-electron chi connectivity index (χ4n) is 2.58. The highest BCUT2D eigenvalue weighted by molar-refractivity contribution is 8.00. The van der Waals surface area contributed by atoms with Gasteiger partial charge in [0.15, 0.2) is 0 Å². The van der Waals surface area contributed by atoms with Crippen molar-refractivity contribution >= 4 is 17.7 Å². The van der Waals surface area contributed by atoms with Crippen molar-refractivity contribution in [3.8, 4) is 0 Å². The smallest absolute Gasteiger partial charge is 0.242 e. The average Bonchev–Trinajstić information content (AvgIpc) is 2.53. The van der Waals surface area contributed by atoms with Crippen molar-refractivity contribution in [2.24, 2.45) is 5.84 Å². The van der Waals surface area contributed by atoms with E-state index in [1.807, 2.05) is 42.1 Å². The van der Waals surface area contributed by atoms with Crippen LogP contribution in [0.4, 0.5) is 0 Å². The predicted octanol–water partition coefficient (Wildman–Crippen LogP) is 1.59. The van der Waals surface area contributed by atoms with Crippen LogP contribution < -0.4 is 11.3 Å². The van der Waals surface area contributed by atoms with Gasteiger partial charge in [-0.15, -0.1) is 0 Å². The van der Waals surface area contributed by atoms with E-state index in [4.69, 9.17) is 5.84 Å². The molecule has 1 aliphatic heterocycles. The van der Waals surface area contributed by atoms with Gasteiger partial charge in [-0.05, 0) is 12.0 Å². The van der Waals surface area contributed by atoms with Gasteiger partial charge in [-0.1, -0.05) is 37.3 Å². The van der Waals surface area contributed by atoms with Gasteiger partial charge >= 0.3 is 0 Å². The van der Waals surface area contributed by atoms with Gasteiger partial charge in [0, 0.05) is 30.6 Å². The number of amides is 1. The first kappa shape index (κ1) is 15.4. The monoisotopic (exact) mass is 293 g/mol. The summed E-state index contributed by atoms with van der Waals surface area (Å²) in [5.74, 6) is 6.19. The number of hydrogen-bond donors (Lipinski definition) is 2. The molecule has 2 atom stereocenters. The summed E-state index contributed by atoms with van der Waals surface area (Å²) in [5.41, 5.74) is 3.34. The van der Waals surface area contributed by atoms with Crippen molar-refractivity contribution in [3.63, 3.8) is 0 Å². The number of hydrazine groups is 1. The molecule has 20 heavy (non-hydrogen) atoms. The maximum Gasteiger partial charge on any atom is 0.242 e. The Kier molecular flexibility index (Phi) is 5.88. The summed E-state index contributed by atoms with van der Waals surface area (Å²) in [6.45, 7) is 5.07. The number of benzene rings is 1. The molecule has 1 amide bonds. The Balaban J connectivity index is 2.06. The molecule has 1 aliphatic rings. The number of carbonyl (C=O) groups excluding carboxylic acids is 1. The Morgan fingerprint density at radius 3 is 2.90 bits per heavy atom. The summed E-state index contributed by atoms with van der Waals surface area (Å²) >= 11 is 2.04. The van der Waals surface area contributed by atoms with E-state index < -0.39 is 0 Å². The van der Waals surface area contributed by atoms with Crippen LogP contribution >= 0.6 is 11.8 Å². The summed E-state index contributed by atoms with van der Waals surface area (Å²) in [5, 5.41) is 0.682. The normalized spacial score (nSPS) is 21.4. The quantitative estimate of drug-likeness (QED) is 0.492. The molecular weight excluding hydrogens is 270 g/mol. The molecule has 0 aromatic heterocycles. The third-order valence-electron chi connectivity index (χ3n) is 3.78. The van der Waals surface area contributed by atoms with Crippen LogP contribution in [0, 0.1) is 0 Å². The maximum absolute atomic E-state index is 12.1. The molecule has 3 N–H and O–H groups in total. The van der Waals surface area contributed by atoms with Crippen molar-refractivity contribution in [3.05, 3.63) is 35.9 Å². The largest absolute Gasteiger partial charge is 0.300 e. The number of nitrogens with zero attached hydrogens (tertiary/aromatic N) is 1. The van der Waals surface area contributed by atoms with E-state index in [1.54, 1.807) is 0 Å². The topological polar surface area (TPSA) is 58.4 Å². The number of nitrogens with two attached hydrogens (primary N) is 1. The molecule has 1 fully saturated rings. The van der Waals surface area contributed by atoms with E-state index >= 15 is 0 Å². The molecule has 1 saturated heterocycles. The molecule has 4 nitrogen and oxygen atoms in total. The fourth-order valence-corrected chi connectivity index (χ4v) is 3.83. The molecule has 1 aromatic rings. The van der Waals surface area contributed by atoms with Crippen molar-refractivity contribution < 1.29 is 4.79 Å². The second-order valence-electron chi connectivity index (χ2n) is 5.13. The van der Waals surface area contributed by atoms with Crippen molar-refractivity contribution in [2.45, 2.75) is 24.5 Å². The Morgan fingerprint density at radius 2 is 2.25 bits per heavy atom. The highest BCUT2D eigenvalue weighted by Crippen LogP contribution is 2.24. The summed E-state index contributed by atoms with van der Waals surface area (Å²) in [6, 6.07) is 9.89. The first-order chi connectivity index (χ1) is 9.74. The number of nitrogens with one attached hydrogen (secondary N) is 1. The van der Waals surface area contributed by atoms with Crippen LogP contribution in [-0.4, -0.2) is 41.4 Å². The summed E-state index contributed by atoms with van der Waals surface area (Å²) < 4.78 is 0. The van der Waals surface area contributed by atoms with Gasteiger partial charge in [0.2, 0.25) is 5.91 Å². The van der Waals surface area contributed by atoms with Gasteiger partial charge in [0.05, 0.1) is 5.92 Å². The third-order valence-corrected chi connectivity index (χ3v) is 5.15. The van der Waals surface area contributed by atoms with Gasteiger partial charge in [0.25, 0.3) is 0 Å². The van der Waals surface area contributed by atoms with E-state index in [2.05, 4.69) is 17.2 Å². The van der Waals surface area contributed by atoms with E-state index in [1.165, 1.54) is 6.42 Å². The zero-order valence-corrected chi connectivity index (χ0v) is 12.7. The van der Waals surface area contributed by atoms with E-state index in [-0.39, 0.29) is 11.8 Å². The molecule has 1 heterocycles. The van der Waals surface area contributed by atoms with Crippen LogP contribution in [0.25, 0.3) is 0 Å². The van der Waals surface area contributed by atoms with Crippen LogP contribution in [-0.2, 0) is 4.79 Å². The van der Waals surface area contributed by atoms with Gasteiger partial charge in [-0.3, -0.25) is 10.2 Å². The molecule has 5 heteroatoms. The SMILES string of the molecule is CCC1CN(CC(C(=O)NN)c2ccccc2)CCS1. The zero-order chi connectivity index (χ0) is 14.4. The minimum atomic E-state index is -0.193. The first-order valence-electron chi connectivity index (χ1n) is 7.14. The molecule has 0 saturated carbocycles.